The highest BCUT2D eigenvalue weighted by atomic mass is 16.7. The molecule has 0 bridgehead atoms. The molecule has 3 N–H and O–H groups in total. The van der Waals surface area contributed by atoms with E-state index in [-0.39, 0.29) is 24.8 Å². The van der Waals surface area contributed by atoms with E-state index in [2.05, 4.69) is 66.8 Å². The number of urea groups is 1. The monoisotopic (exact) mass is 622 g/mol. The van der Waals surface area contributed by atoms with Crippen LogP contribution in [0.4, 0.5) is 10.7 Å². The van der Waals surface area contributed by atoms with Crippen LogP contribution < -0.4 is 15.5 Å². The molecule has 0 unspecified atom stereocenters. The maximum absolute atomic E-state index is 11.8. The Kier molecular flexibility index (Phi) is 10.5. The van der Waals surface area contributed by atoms with Gasteiger partial charge in [0.25, 0.3) is 0 Å². The highest BCUT2D eigenvalue weighted by molar-refractivity contribution is 5.73. The van der Waals surface area contributed by atoms with Crippen LogP contribution in [-0.2, 0) is 22.6 Å². The van der Waals surface area contributed by atoms with Gasteiger partial charge in [-0.3, -0.25) is 4.90 Å². The van der Waals surface area contributed by atoms with Crippen LogP contribution >= 0.6 is 0 Å². The lowest BCUT2D eigenvalue weighted by Crippen LogP contribution is -2.50. The van der Waals surface area contributed by atoms with Crippen molar-refractivity contribution in [3.63, 3.8) is 0 Å². The standard InChI is InChI=1S/C36H42N6O4/c1-2-37-36(44)40-23-27-5-3-6-31(21-27)28-11-13-30(14-12-28)34-45-32(22-33(46-34)29-9-7-26(25-43)8-10-29)24-41-17-19-42(20-18-41)35-38-15-4-16-39-35/h3-16,21,32-34,43H,2,17-20,22-25H2,1H3,(H2,37,40,44)/t32-,33+,34+/m0/s1. The molecule has 10 heteroatoms. The zero-order valence-electron chi connectivity index (χ0n) is 26.2. The Morgan fingerprint density at radius 1 is 0.848 bits per heavy atom. The summed E-state index contributed by atoms with van der Waals surface area (Å²) in [6.07, 6.45) is 3.65. The van der Waals surface area contributed by atoms with Crippen molar-refractivity contribution in [2.24, 2.45) is 0 Å². The lowest BCUT2D eigenvalue weighted by atomic mass is 9.99. The largest absolute Gasteiger partial charge is 0.392 e. The zero-order chi connectivity index (χ0) is 31.7. The van der Waals surface area contributed by atoms with E-state index >= 15 is 0 Å². The Balaban J connectivity index is 1.14. The van der Waals surface area contributed by atoms with Gasteiger partial charge in [0.15, 0.2) is 6.29 Å². The zero-order valence-corrected chi connectivity index (χ0v) is 26.2. The number of nitrogens with zero attached hydrogens (tertiary/aromatic N) is 4. The number of piperazine rings is 1. The Hall–Kier alpha value is -4.35. The first-order valence-corrected chi connectivity index (χ1v) is 16.0. The molecule has 0 saturated carbocycles. The van der Waals surface area contributed by atoms with E-state index in [1.165, 1.54) is 0 Å². The first kappa shape index (κ1) is 31.6. The van der Waals surface area contributed by atoms with Gasteiger partial charge in [0.1, 0.15) is 0 Å². The Morgan fingerprint density at radius 2 is 1.59 bits per heavy atom. The third kappa shape index (κ3) is 8.07. The molecule has 2 amide bonds. The molecule has 2 fully saturated rings. The van der Waals surface area contributed by atoms with Crippen molar-refractivity contribution in [3.8, 4) is 11.1 Å². The summed E-state index contributed by atoms with van der Waals surface area (Å²) >= 11 is 0. The molecule has 0 aliphatic carbocycles. The van der Waals surface area contributed by atoms with E-state index in [1.807, 2.05) is 49.4 Å². The Morgan fingerprint density at radius 3 is 2.30 bits per heavy atom. The van der Waals surface area contributed by atoms with Crippen LogP contribution in [0.15, 0.2) is 91.3 Å². The number of aromatic nitrogens is 2. The molecule has 3 aromatic carbocycles. The molecule has 46 heavy (non-hydrogen) atoms. The van der Waals surface area contributed by atoms with Crippen LogP contribution in [0.25, 0.3) is 11.1 Å². The van der Waals surface area contributed by atoms with Crippen LogP contribution in [0.1, 0.15) is 48.0 Å². The molecule has 2 aliphatic rings. The van der Waals surface area contributed by atoms with E-state index in [0.29, 0.717) is 13.1 Å². The number of carbonyl (C=O) groups excluding carboxylic acids is 1. The van der Waals surface area contributed by atoms with Gasteiger partial charge < -0.3 is 30.1 Å². The second-order valence-electron chi connectivity index (χ2n) is 11.7. The van der Waals surface area contributed by atoms with Crippen molar-refractivity contribution >= 4 is 12.0 Å². The average Bonchev–Trinajstić information content (AvgIpc) is 3.12. The molecule has 2 saturated heterocycles. The van der Waals surface area contributed by atoms with Gasteiger partial charge in [0.2, 0.25) is 5.95 Å². The summed E-state index contributed by atoms with van der Waals surface area (Å²) in [5, 5.41) is 15.2. The van der Waals surface area contributed by atoms with Crippen molar-refractivity contribution in [3.05, 3.63) is 114 Å². The molecule has 6 rings (SSSR count). The third-order valence-electron chi connectivity index (χ3n) is 8.52. The fourth-order valence-corrected chi connectivity index (χ4v) is 6.00. The second-order valence-corrected chi connectivity index (χ2v) is 11.7. The third-order valence-corrected chi connectivity index (χ3v) is 8.52. The summed E-state index contributed by atoms with van der Waals surface area (Å²) in [4.78, 5) is 25.3. The maximum atomic E-state index is 11.8. The van der Waals surface area contributed by atoms with Crippen molar-refractivity contribution in [2.45, 2.75) is 45.0 Å². The lowest BCUT2D eigenvalue weighted by Gasteiger charge is -2.40. The van der Waals surface area contributed by atoms with E-state index in [9.17, 15) is 9.90 Å². The Bertz CT molecular complexity index is 1550. The number of benzene rings is 3. The normalized spacial score (nSPS) is 20.3. The summed E-state index contributed by atoms with van der Waals surface area (Å²) in [6.45, 7) is 7.32. The number of anilines is 1. The number of aliphatic hydroxyl groups excluding tert-OH is 1. The minimum Gasteiger partial charge on any atom is -0.392 e. The lowest BCUT2D eigenvalue weighted by molar-refractivity contribution is -0.253. The van der Waals surface area contributed by atoms with Crippen molar-refractivity contribution in [1.29, 1.82) is 0 Å². The number of hydrogen-bond donors (Lipinski definition) is 3. The highest BCUT2D eigenvalue weighted by Crippen LogP contribution is 2.38. The van der Waals surface area contributed by atoms with Crippen LogP contribution in [0, 0.1) is 0 Å². The predicted octanol–water partition coefficient (Wildman–Crippen LogP) is 4.82. The molecule has 240 valence electrons. The molecule has 4 aromatic rings. The minimum absolute atomic E-state index is 0.0140. The van der Waals surface area contributed by atoms with Gasteiger partial charge >= 0.3 is 6.03 Å². The number of amides is 2. The first-order chi connectivity index (χ1) is 22.6. The van der Waals surface area contributed by atoms with Crippen molar-refractivity contribution in [2.75, 3.05) is 44.2 Å². The molecule has 1 aromatic heterocycles. The quantitative estimate of drug-likeness (QED) is 0.231. The van der Waals surface area contributed by atoms with Gasteiger partial charge in [-0.25, -0.2) is 14.8 Å². The summed E-state index contributed by atoms with van der Waals surface area (Å²) in [6, 6.07) is 26.2. The van der Waals surface area contributed by atoms with E-state index in [4.69, 9.17) is 9.47 Å². The number of aliphatic hydroxyl groups is 1. The summed E-state index contributed by atoms with van der Waals surface area (Å²) in [5.41, 5.74) is 6.10. The molecular formula is C36H42N6O4. The van der Waals surface area contributed by atoms with Gasteiger partial charge in [0, 0.05) is 70.2 Å². The van der Waals surface area contributed by atoms with Crippen LogP contribution in [-0.4, -0.2) is 71.4 Å². The number of carbonyl (C=O) groups is 1. The number of rotatable bonds is 10. The fourth-order valence-electron chi connectivity index (χ4n) is 6.00. The smallest absolute Gasteiger partial charge is 0.315 e. The molecule has 3 atom stereocenters. The SMILES string of the molecule is CCNC(=O)NCc1cccc(-c2ccc([C@@H]3O[C@H](CN4CCN(c5ncccn5)CC4)C[C@H](c4ccc(CO)cc4)O3)cc2)c1. The summed E-state index contributed by atoms with van der Waals surface area (Å²) < 4.78 is 13.2. The van der Waals surface area contributed by atoms with E-state index < -0.39 is 6.29 Å². The molecule has 0 spiro atoms. The summed E-state index contributed by atoms with van der Waals surface area (Å²) in [7, 11) is 0. The molecular weight excluding hydrogens is 580 g/mol. The van der Waals surface area contributed by atoms with E-state index in [1.54, 1.807) is 12.4 Å². The van der Waals surface area contributed by atoms with Gasteiger partial charge in [-0.2, -0.15) is 0 Å². The number of hydrogen-bond acceptors (Lipinski definition) is 8. The maximum Gasteiger partial charge on any atom is 0.315 e. The minimum atomic E-state index is -0.512. The van der Waals surface area contributed by atoms with Gasteiger partial charge in [-0.15, -0.1) is 0 Å². The highest BCUT2D eigenvalue weighted by Gasteiger charge is 2.34. The number of nitrogens with one attached hydrogen (secondary N) is 2. The summed E-state index contributed by atoms with van der Waals surface area (Å²) in [5.74, 6) is 0.780. The topological polar surface area (TPSA) is 112 Å². The van der Waals surface area contributed by atoms with Crippen LogP contribution in [0.2, 0.25) is 0 Å². The van der Waals surface area contributed by atoms with Gasteiger partial charge in [-0.05, 0) is 46.9 Å². The molecule has 0 radical (unpaired) electrons. The second kappa shape index (κ2) is 15.3. The number of ether oxygens (including phenoxy) is 2. The van der Waals surface area contributed by atoms with Gasteiger partial charge in [-0.1, -0.05) is 66.7 Å². The fraction of sp³-hybridized carbons (Fsp3) is 0.361. The van der Waals surface area contributed by atoms with Crippen molar-refractivity contribution < 1.29 is 19.4 Å². The van der Waals surface area contributed by atoms with Crippen LogP contribution in [0.3, 0.4) is 0 Å². The molecule has 2 aliphatic heterocycles. The first-order valence-electron chi connectivity index (χ1n) is 16.0. The molecule has 3 heterocycles. The van der Waals surface area contributed by atoms with Crippen molar-refractivity contribution in [1.82, 2.24) is 25.5 Å². The predicted molar refractivity (Wildman–Crippen MR) is 177 cm³/mol. The molecule has 10 nitrogen and oxygen atoms in total. The Labute approximate surface area is 270 Å². The van der Waals surface area contributed by atoms with Crippen LogP contribution in [0.5, 0.6) is 0 Å². The van der Waals surface area contributed by atoms with E-state index in [0.717, 1.165) is 78.5 Å². The van der Waals surface area contributed by atoms with Gasteiger partial charge in [0.05, 0.1) is 18.8 Å². The average molecular weight is 623 g/mol.